The first kappa shape index (κ1) is 17.3. The van der Waals surface area contributed by atoms with Crippen LogP contribution in [0.2, 0.25) is 4.34 Å². The topological polar surface area (TPSA) is 40.5 Å². The van der Waals surface area contributed by atoms with Crippen LogP contribution in [0, 0.1) is 0 Å². The van der Waals surface area contributed by atoms with Crippen LogP contribution < -0.4 is 0 Å². The predicted octanol–water partition coefficient (Wildman–Crippen LogP) is 3.83. The van der Waals surface area contributed by atoms with Crippen molar-refractivity contribution in [1.82, 2.24) is 4.90 Å². The summed E-state index contributed by atoms with van der Waals surface area (Å²) < 4.78 is 0.733. The number of carbonyl (C=O) groups excluding carboxylic acids is 1. The molecule has 0 aliphatic carbocycles. The molecule has 0 aliphatic heterocycles. The largest absolute Gasteiger partial charge is 0.388 e. The second-order valence-electron chi connectivity index (χ2n) is 4.90. The Bertz CT molecular complexity index is 603. The average molecular weight is 356 g/mol. The first-order valence-electron chi connectivity index (χ1n) is 6.85. The molecule has 3 nitrogen and oxygen atoms in total. The third kappa shape index (κ3) is 5.32. The van der Waals surface area contributed by atoms with Crippen molar-refractivity contribution < 1.29 is 9.90 Å². The molecule has 22 heavy (non-hydrogen) atoms. The summed E-state index contributed by atoms with van der Waals surface area (Å²) in [5, 5.41) is 10.1. The van der Waals surface area contributed by atoms with Gasteiger partial charge in [-0.05, 0) is 17.7 Å². The van der Waals surface area contributed by atoms with Crippen LogP contribution in [0.5, 0.6) is 0 Å². The van der Waals surface area contributed by atoms with E-state index >= 15 is 0 Å². The average Bonchev–Trinajstić information content (AvgIpc) is 2.93. The van der Waals surface area contributed by atoms with Crippen molar-refractivity contribution in [2.75, 3.05) is 18.6 Å². The molecule has 0 aliphatic rings. The van der Waals surface area contributed by atoms with E-state index in [2.05, 4.69) is 0 Å². The number of benzene rings is 1. The van der Waals surface area contributed by atoms with Gasteiger partial charge in [0.05, 0.1) is 22.7 Å². The third-order valence-corrected chi connectivity index (χ3v) is 5.35. The lowest BCUT2D eigenvalue weighted by atomic mass is 10.1. The first-order chi connectivity index (χ1) is 10.6. The molecule has 0 fully saturated rings. The molecule has 0 saturated heterocycles. The molecule has 1 aromatic carbocycles. The molecule has 118 valence electrons. The highest BCUT2D eigenvalue weighted by atomic mass is 35.5. The molecule has 1 atom stereocenters. The van der Waals surface area contributed by atoms with E-state index in [1.54, 1.807) is 11.9 Å². The van der Waals surface area contributed by atoms with E-state index in [-0.39, 0.29) is 5.91 Å². The van der Waals surface area contributed by atoms with Crippen LogP contribution in [-0.2, 0) is 11.3 Å². The summed E-state index contributed by atoms with van der Waals surface area (Å²) in [6.07, 6.45) is -0.541. The van der Waals surface area contributed by atoms with Crippen molar-refractivity contribution in [3.05, 3.63) is 57.2 Å². The van der Waals surface area contributed by atoms with E-state index in [9.17, 15) is 9.90 Å². The highest BCUT2D eigenvalue weighted by Gasteiger charge is 2.13. The molecule has 0 saturated carbocycles. The maximum atomic E-state index is 12.1. The molecule has 1 heterocycles. The Balaban J connectivity index is 1.73. The van der Waals surface area contributed by atoms with E-state index in [1.807, 2.05) is 42.5 Å². The number of hydrogen-bond donors (Lipinski definition) is 1. The van der Waals surface area contributed by atoms with Crippen LogP contribution in [0.3, 0.4) is 0 Å². The second-order valence-corrected chi connectivity index (χ2v) is 7.73. The van der Waals surface area contributed by atoms with Crippen LogP contribution in [0.25, 0.3) is 0 Å². The summed E-state index contributed by atoms with van der Waals surface area (Å²) in [7, 11) is 1.78. The van der Waals surface area contributed by atoms with Crippen LogP contribution >= 0.6 is 34.7 Å². The van der Waals surface area contributed by atoms with Gasteiger partial charge < -0.3 is 10.0 Å². The maximum Gasteiger partial charge on any atom is 0.232 e. The minimum Gasteiger partial charge on any atom is -0.388 e. The zero-order valence-electron chi connectivity index (χ0n) is 12.2. The molecule has 2 rings (SSSR count). The normalized spacial score (nSPS) is 12.1. The van der Waals surface area contributed by atoms with Gasteiger partial charge in [0.25, 0.3) is 0 Å². The van der Waals surface area contributed by atoms with Crippen LogP contribution in [0.15, 0.2) is 42.5 Å². The van der Waals surface area contributed by atoms with Crippen molar-refractivity contribution in [2.24, 2.45) is 0 Å². The minimum absolute atomic E-state index is 0.0507. The van der Waals surface area contributed by atoms with Gasteiger partial charge in [-0.2, -0.15) is 0 Å². The standard InChI is InChI=1S/C16H18ClNO2S2/c1-18(9-13-7-8-15(17)22-13)16(20)11-21-10-14(19)12-5-3-2-4-6-12/h2-8,14,19H,9-11H2,1H3. The van der Waals surface area contributed by atoms with Gasteiger partial charge >= 0.3 is 0 Å². The molecular weight excluding hydrogens is 338 g/mol. The summed E-state index contributed by atoms with van der Waals surface area (Å²) in [6.45, 7) is 0.567. The number of thiophene rings is 1. The molecule has 1 amide bonds. The van der Waals surface area contributed by atoms with E-state index in [1.165, 1.54) is 23.1 Å². The molecule has 0 radical (unpaired) electrons. The Hall–Kier alpha value is -1.01. The van der Waals surface area contributed by atoms with Crippen molar-refractivity contribution >= 4 is 40.6 Å². The van der Waals surface area contributed by atoms with Gasteiger partial charge in [0.15, 0.2) is 0 Å². The van der Waals surface area contributed by atoms with Crippen molar-refractivity contribution in [2.45, 2.75) is 12.6 Å². The van der Waals surface area contributed by atoms with E-state index < -0.39 is 6.10 Å². The number of amides is 1. The fourth-order valence-electron chi connectivity index (χ4n) is 1.90. The molecule has 6 heteroatoms. The Labute approximate surface area is 143 Å². The monoisotopic (exact) mass is 355 g/mol. The van der Waals surface area contributed by atoms with Crippen LogP contribution in [-0.4, -0.2) is 34.5 Å². The first-order valence-corrected chi connectivity index (χ1v) is 9.20. The lowest BCUT2D eigenvalue weighted by Gasteiger charge is -2.16. The molecule has 2 aromatic rings. The number of aliphatic hydroxyl groups excluding tert-OH is 1. The third-order valence-electron chi connectivity index (χ3n) is 3.13. The fraction of sp³-hybridized carbons (Fsp3) is 0.312. The van der Waals surface area contributed by atoms with E-state index in [0.717, 1.165) is 14.8 Å². The van der Waals surface area contributed by atoms with Gasteiger partial charge in [-0.1, -0.05) is 41.9 Å². The second kappa shape index (κ2) is 8.58. The molecule has 1 aromatic heterocycles. The molecule has 0 bridgehead atoms. The Morgan fingerprint density at radius 1 is 1.32 bits per heavy atom. The van der Waals surface area contributed by atoms with Crippen molar-refractivity contribution in [3.63, 3.8) is 0 Å². The minimum atomic E-state index is -0.541. The zero-order chi connectivity index (χ0) is 15.9. The Morgan fingerprint density at radius 3 is 2.68 bits per heavy atom. The molecular formula is C16H18ClNO2S2. The van der Waals surface area contributed by atoms with Gasteiger partial charge in [0, 0.05) is 17.7 Å². The number of aliphatic hydroxyl groups is 1. The number of thioether (sulfide) groups is 1. The van der Waals surface area contributed by atoms with Crippen molar-refractivity contribution in [1.29, 1.82) is 0 Å². The SMILES string of the molecule is CN(Cc1ccc(Cl)s1)C(=O)CSCC(O)c1ccccc1. The number of rotatable bonds is 7. The fourth-order valence-corrected chi connectivity index (χ4v) is 3.97. The summed E-state index contributed by atoms with van der Waals surface area (Å²) in [5.41, 5.74) is 0.879. The summed E-state index contributed by atoms with van der Waals surface area (Å²) in [5.74, 6) is 0.920. The van der Waals surface area contributed by atoms with Gasteiger partial charge in [-0.25, -0.2) is 0 Å². The quantitative estimate of drug-likeness (QED) is 0.820. The summed E-state index contributed by atoms with van der Waals surface area (Å²) >= 11 is 8.81. The molecule has 1 unspecified atom stereocenters. The lowest BCUT2D eigenvalue weighted by molar-refractivity contribution is -0.127. The van der Waals surface area contributed by atoms with Crippen LogP contribution in [0.1, 0.15) is 16.5 Å². The van der Waals surface area contributed by atoms with Gasteiger partial charge in [0.1, 0.15) is 0 Å². The number of carbonyl (C=O) groups is 1. The number of hydrogen-bond acceptors (Lipinski definition) is 4. The van der Waals surface area contributed by atoms with E-state index in [0.29, 0.717) is 18.1 Å². The highest BCUT2D eigenvalue weighted by molar-refractivity contribution is 7.99. The van der Waals surface area contributed by atoms with E-state index in [4.69, 9.17) is 11.6 Å². The molecule has 1 N–H and O–H groups in total. The van der Waals surface area contributed by atoms with Gasteiger partial charge in [-0.15, -0.1) is 23.1 Å². The number of halogens is 1. The summed E-state index contributed by atoms with van der Waals surface area (Å²) in [4.78, 5) is 14.8. The maximum absolute atomic E-state index is 12.1. The molecule has 0 spiro atoms. The van der Waals surface area contributed by atoms with Gasteiger partial charge in [0.2, 0.25) is 5.91 Å². The smallest absolute Gasteiger partial charge is 0.232 e. The Kier molecular flexibility index (Phi) is 6.76. The van der Waals surface area contributed by atoms with Crippen LogP contribution in [0.4, 0.5) is 0 Å². The predicted molar refractivity (Wildman–Crippen MR) is 94.5 cm³/mol. The van der Waals surface area contributed by atoms with Crippen molar-refractivity contribution in [3.8, 4) is 0 Å². The highest BCUT2D eigenvalue weighted by Crippen LogP contribution is 2.23. The lowest BCUT2D eigenvalue weighted by Crippen LogP contribution is -2.27. The summed E-state index contributed by atoms with van der Waals surface area (Å²) in [6, 6.07) is 13.3. The van der Waals surface area contributed by atoms with Gasteiger partial charge in [-0.3, -0.25) is 4.79 Å². The Morgan fingerprint density at radius 2 is 2.05 bits per heavy atom. The number of nitrogens with zero attached hydrogens (tertiary/aromatic N) is 1. The zero-order valence-corrected chi connectivity index (χ0v) is 14.6.